The van der Waals surface area contributed by atoms with Crippen molar-refractivity contribution in [3.63, 3.8) is 0 Å². The molecule has 0 saturated carbocycles. The molecule has 0 radical (unpaired) electrons. The Bertz CT molecular complexity index is 666. The summed E-state index contributed by atoms with van der Waals surface area (Å²) in [5.41, 5.74) is 7.63. The summed E-state index contributed by atoms with van der Waals surface area (Å²) >= 11 is 0. The highest BCUT2D eigenvalue weighted by molar-refractivity contribution is 5.94. The number of carbonyl (C=O) groups is 1. The third-order valence-electron chi connectivity index (χ3n) is 3.77. The Labute approximate surface area is 128 Å². The van der Waals surface area contributed by atoms with Crippen molar-refractivity contribution >= 4 is 17.3 Å². The van der Waals surface area contributed by atoms with Gasteiger partial charge in [0, 0.05) is 44.3 Å². The Morgan fingerprint density at radius 2 is 1.77 bits per heavy atom. The van der Waals surface area contributed by atoms with Crippen LogP contribution in [0.2, 0.25) is 0 Å². The number of halogens is 1. The number of aromatic nitrogens is 1. The van der Waals surface area contributed by atoms with E-state index in [2.05, 4.69) is 9.88 Å². The predicted octanol–water partition coefficient (Wildman–Crippen LogP) is 1.77. The summed E-state index contributed by atoms with van der Waals surface area (Å²) in [7, 11) is 0. The fourth-order valence-corrected chi connectivity index (χ4v) is 2.58. The zero-order valence-corrected chi connectivity index (χ0v) is 12.1. The van der Waals surface area contributed by atoms with Crippen molar-refractivity contribution in [2.75, 3.05) is 36.8 Å². The number of rotatable bonds is 2. The van der Waals surface area contributed by atoms with Crippen LogP contribution in [0.25, 0.3) is 0 Å². The van der Waals surface area contributed by atoms with E-state index >= 15 is 0 Å². The fourth-order valence-electron chi connectivity index (χ4n) is 2.58. The molecule has 1 aliphatic rings. The minimum absolute atomic E-state index is 0.0569. The summed E-state index contributed by atoms with van der Waals surface area (Å²) in [5.74, 6) is -0.301. The zero-order valence-electron chi connectivity index (χ0n) is 12.1. The molecule has 1 amide bonds. The number of nitrogens with two attached hydrogens (primary N) is 1. The Morgan fingerprint density at radius 3 is 2.41 bits per heavy atom. The number of anilines is 2. The predicted molar refractivity (Wildman–Crippen MR) is 83.2 cm³/mol. The van der Waals surface area contributed by atoms with Crippen LogP contribution in [0.15, 0.2) is 42.7 Å². The third-order valence-corrected chi connectivity index (χ3v) is 3.77. The number of pyridine rings is 1. The maximum absolute atomic E-state index is 13.0. The molecule has 5 nitrogen and oxygen atoms in total. The average Bonchev–Trinajstić information content (AvgIpc) is 2.55. The molecule has 22 heavy (non-hydrogen) atoms. The number of piperazine rings is 1. The Hall–Kier alpha value is -2.63. The minimum atomic E-state index is -0.244. The second kappa shape index (κ2) is 6.01. The van der Waals surface area contributed by atoms with Gasteiger partial charge in [0.1, 0.15) is 5.82 Å². The molecule has 0 unspecified atom stereocenters. The van der Waals surface area contributed by atoms with E-state index in [-0.39, 0.29) is 11.7 Å². The van der Waals surface area contributed by atoms with Gasteiger partial charge in [-0.15, -0.1) is 0 Å². The van der Waals surface area contributed by atoms with E-state index in [0.717, 1.165) is 5.69 Å². The monoisotopic (exact) mass is 300 g/mol. The molecule has 1 aromatic carbocycles. The molecular formula is C16H17FN4O. The molecular weight excluding hydrogens is 283 g/mol. The first-order valence-corrected chi connectivity index (χ1v) is 7.14. The molecule has 2 N–H and O–H groups in total. The van der Waals surface area contributed by atoms with Crippen molar-refractivity contribution in [1.29, 1.82) is 0 Å². The lowest BCUT2D eigenvalue weighted by Gasteiger charge is -2.36. The normalized spacial score (nSPS) is 15.0. The summed E-state index contributed by atoms with van der Waals surface area (Å²) < 4.78 is 13.0. The molecule has 114 valence electrons. The van der Waals surface area contributed by atoms with Gasteiger partial charge in [0.05, 0.1) is 11.3 Å². The quantitative estimate of drug-likeness (QED) is 0.918. The molecule has 2 aromatic rings. The number of nitrogen functional groups attached to an aromatic ring is 1. The summed E-state index contributed by atoms with van der Waals surface area (Å²) in [5, 5.41) is 0. The lowest BCUT2D eigenvalue weighted by molar-refractivity contribution is 0.0746. The maximum Gasteiger partial charge on any atom is 0.255 e. The van der Waals surface area contributed by atoms with Gasteiger partial charge in [-0.2, -0.15) is 0 Å². The highest BCUT2D eigenvalue weighted by Gasteiger charge is 2.22. The van der Waals surface area contributed by atoms with Crippen LogP contribution in [-0.2, 0) is 0 Å². The van der Waals surface area contributed by atoms with Crippen LogP contribution in [0, 0.1) is 5.82 Å². The van der Waals surface area contributed by atoms with Crippen molar-refractivity contribution in [3.05, 3.63) is 54.1 Å². The molecule has 1 aromatic heterocycles. The molecule has 0 aliphatic carbocycles. The molecule has 2 heterocycles. The van der Waals surface area contributed by atoms with E-state index in [1.54, 1.807) is 23.1 Å². The minimum Gasteiger partial charge on any atom is -0.397 e. The van der Waals surface area contributed by atoms with Gasteiger partial charge in [0.25, 0.3) is 5.91 Å². The average molecular weight is 300 g/mol. The molecule has 1 saturated heterocycles. The van der Waals surface area contributed by atoms with Crippen LogP contribution >= 0.6 is 0 Å². The number of hydrogen-bond acceptors (Lipinski definition) is 4. The van der Waals surface area contributed by atoms with Gasteiger partial charge in [-0.25, -0.2) is 4.39 Å². The van der Waals surface area contributed by atoms with Gasteiger partial charge in [0.15, 0.2) is 0 Å². The van der Waals surface area contributed by atoms with E-state index in [9.17, 15) is 9.18 Å². The summed E-state index contributed by atoms with van der Waals surface area (Å²) in [6, 6.07) is 8.06. The molecule has 0 atom stereocenters. The first-order chi connectivity index (χ1) is 10.6. The van der Waals surface area contributed by atoms with E-state index in [1.165, 1.54) is 24.5 Å². The van der Waals surface area contributed by atoms with Crippen molar-refractivity contribution in [3.8, 4) is 0 Å². The van der Waals surface area contributed by atoms with Crippen LogP contribution in [0.1, 0.15) is 10.4 Å². The summed E-state index contributed by atoms with van der Waals surface area (Å²) in [6.07, 6.45) is 3.05. The first kappa shape index (κ1) is 14.3. The van der Waals surface area contributed by atoms with Gasteiger partial charge >= 0.3 is 0 Å². The second-order valence-electron chi connectivity index (χ2n) is 5.26. The van der Waals surface area contributed by atoms with Crippen molar-refractivity contribution in [2.24, 2.45) is 0 Å². The van der Waals surface area contributed by atoms with Crippen molar-refractivity contribution in [2.45, 2.75) is 0 Å². The van der Waals surface area contributed by atoms with Gasteiger partial charge in [0.2, 0.25) is 0 Å². The maximum atomic E-state index is 13.0. The largest absolute Gasteiger partial charge is 0.397 e. The van der Waals surface area contributed by atoms with Crippen molar-refractivity contribution in [1.82, 2.24) is 9.88 Å². The van der Waals surface area contributed by atoms with Crippen LogP contribution in [0.4, 0.5) is 15.8 Å². The zero-order chi connectivity index (χ0) is 15.5. The van der Waals surface area contributed by atoms with Crippen LogP contribution in [0.3, 0.4) is 0 Å². The second-order valence-corrected chi connectivity index (χ2v) is 5.26. The number of carbonyl (C=O) groups excluding carboxylic acids is 1. The van der Waals surface area contributed by atoms with Gasteiger partial charge in [-0.05, 0) is 30.3 Å². The first-order valence-electron chi connectivity index (χ1n) is 7.14. The van der Waals surface area contributed by atoms with Crippen LogP contribution in [0.5, 0.6) is 0 Å². The molecule has 1 aliphatic heterocycles. The van der Waals surface area contributed by atoms with E-state index in [4.69, 9.17) is 5.73 Å². The Kier molecular flexibility index (Phi) is 3.91. The van der Waals surface area contributed by atoms with E-state index < -0.39 is 0 Å². The highest BCUT2D eigenvalue weighted by atomic mass is 19.1. The molecule has 3 rings (SSSR count). The Morgan fingerprint density at radius 1 is 1.09 bits per heavy atom. The lowest BCUT2D eigenvalue weighted by atomic mass is 10.2. The topological polar surface area (TPSA) is 62.5 Å². The van der Waals surface area contributed by atoms with E-state index in [1.807, 2.05) is 0 Å². The number of amides is 1. The number of nitrogens with zero attached hydrogens (tertiary/aromatic N) is 3. The van der Waals surface area contributed by atoms with Crippen LogP contribution < -0.4 is 10.6 Å². The summed E-state index contributed by atoms with van der Waals surface area (Å²) in [4.78, 5) is 20.3. The van der Waals surface area contributed by atoms with E-state index in [0.29, 0.717) is 37.4 Å². The summed E-state index contributed by atoms with van der Waals surface area (Å²) in [6.45, 7) is 2.66. The van der Waals surface area contributed by atoms with Gasteiger partial charge < -0.3 is 15.5 Å². The standard InChI is InChI=1S/C16H17FN4O/c17-13-1-3-15(4-2-13)20-5-7-21(8-6-20)16(22)12-9-14(18)11-19-10-12/h1-4,9-11H,5-8,18H2. The highest BCUT2D eigenvalue weighted by Crippen LogP contribution is 2.18. The van der Waals surface area contributed by atoms with Crippen LogP contribution in [-0.4, -0.2) is 42.0 Å². The number of hydrogen-bond donors (Lipinski definition) is 1. The molecule has 0 spiro atoms. The SMILES string of the molecule is Nc1cncc(C(=O)N2CCN(c3ccc(F)cc3)CC2)c1. The lowest BCUT2D eigenvalue weighted by Crippen LogP contribution is -2.48. The third kappa shape index (κ3) is 3.00. The fraction of sp³-hybridized carbons (Fsp3) is 0.250. The molecule has 1 fully saturated rings. The molecule has 6 heteroatoms. The van der Waals surface area contributed by atoms with Gasteiger partial charge in [-0.1, -0.05) is 0 Å². The molecule has 0 bridgehead atoms. The number of benzene rings is 1. The smallest absolute Gasteiger partial charge is 0.255 e. The van der Waals surface area contributed by atoms with Crippen molar-refractivity contribution < 1.29 is 9.18 Å². The Balaban J connectivity index is 1.64. The van der Waals surface area contributed by atoms with Gasteiger partial charge in [-0.3, -0.25) is 9.78 Å².